The van der Waals surface area contributed by atoms with Crippen LogP contribution in [0.3, 0.4) is 0 Å². The topological polar surface area (TPSA) is 55.6 Å². The van der Waals surface area contributed by atoms with Crippen LogP contribution in [0.1, 0.15) is 24.6 Å². The second-order valence-electron chi connectivity index (χ2n) is 4.46. The Morgan fingerprint density at radius 3 is 3.17 bits per heavy atom. The van der Waals surface area contributed by atoms with Crippen molar-refractivity contribution in [3.05, 3.63) is 30.1 Å². The standard InChI is InChI=1S/C13H15N3O2/c1-18-13-8-16-11(3-2-4-12(16)15-13)10-7-9(17)5-6-14-10/h2-4,8,10,14H,5-7H2,1H3. The van der Waals surface area contributed by atoms with Gasteiger partial charge in [-0.05, 0) is 12.1 Å². The molecule has 0 saturated carbocycles. The average Bonchev–Trinajstić information content (AvgIpc) is 2.81. The number of imidazole rings is 1. The quantitative estimate of drug-likeness (QED) is 0.867. The van der Waals surface area contributed by atoms with Gasteiger partial charge < -0.3 is 10.1 Å². The van der Waals surface area contributed by atoms with Crippen molar-refractivity contribution < 1.29 is 9.53 Å². The Bertz CT molecular complexity index is 591. The van der Waals surface area contributed by atoms with Crippen molar-refractivity contribution in [3.63, 3.8) is 0 Å². The van der Waals surface area contributed by atoms with Gasteiger partial charge in [0.15, 0.2) is 0 Å². The summed E-state index contributed by atoms with van der Waals surface area (Å²) in [5, 5.41) is 3.37. The Hall–Kier alpha value is -1.88. The minimum atomic E-state index is 0.0638. The zero-order chi connectivity index (χ0) is 12.5. The molecule has 3 rings (SSSR count). The van der Waals surface area contributed by atoms with Gasteiger partial charge in [0.1, 0.15) is 11.4 Å². The molecule has 0 spiro atoms. The first-order valence-electron chi connectivity index (χ1n) is 6.05. The highest BCUT2D eigenvalue weighted by molar-refractivity contribution is 5.80. The summed E-state index contributed by atoms with van der Waals surface area (Å²) in [6.45, 7) is 0.742. The molecule has 0 bridgehead atoms. The summed E-state index contributed by atoms with van der Waals surface area (Å²) in [4.78, 5) is 15.9. The molecular weight excluding hydrogens is 230 g/mol. The first kappa shape index (κ1) is 11.2. The minimum Gasteiger partial charge on any atom is -0.480 e. The fourth-order valence-electron chi connectivity index (χ4n) is 2.39. The molecule has 94 valence electrons. The van der Waals surface area contributed by atoms with Gasteiger partial charge in [-0.3, -0.25) is 9.20 Å². The molecule has 1 fully saturated rings. The summed E-state index contributed by atoms with van der Waals surface area (Å²) in [5.41, 5.74) is 1.89. The number of piperidine rings is 1. The van der Waals surface area contributed by atoms with Crippen LogP contribution < -0.4 is 10.1 Å². The summed E-state index contributed by atoms with van der Waals surface area (Å²) >= 11 is 0. The Morgan fingerprint density at radius 1 is 1.50 bits per heavy atom. The molecule has 1 aliphatic rings. The van der Waals surface area contributed by atoms with Gasteiger partial charge in [0.2, 0.25) is 5.88 Å². The summed E-state index contributed by atoms with van der Waals surface area (Å²) < 4.78 is 7.12. The van der Waals surface area contributed by atoms with Gasteiger partial charge >= 0.3 is 0 Å². The molecule has 5 nitrogen and oxygen atoms in total. The summed E-state index contributed by atoms with van der Waals surface area (Å²) in [7, 11) is 1.60. The molecule has 1 aliphatic heterocycles. The van der Waals surface area contributed by atoms with E-state index in [0.29, 0.717) is 24.5 Å². The number of rotatable bonds is 2. The van der Waals surface area contributed by atoms with Gasteiger partial charge in [0, 0.05) is 25.1 Å². The number of hydrogen-bond acceptors (Lipinski definition) is 4. The van der Waals surface area contributed by atoms with Crippen molar-refractivity contribution in [3.8, 4) is 5.88 Å². The molecule has 2 aromatic rings. The van der Waals surface area contributed by atoms with Crippen molar-refractivity contribution >= 4 is 11.4 Å². The molecule has 0 radical (unpaired) electrons. The molecule has 1 saturated heterocycles. The van der Waals surface area contributed by atoms with Gasteiger partial charge in [-0.1, -0.05) is 6.07 Å². The normalized spacial score (nSPS) is 20.3. The molecule has 5 heteroatoms. The van der Waals surface area contributed by atoms with E-state index in [1.54, 1.807) is 7.11 Å². The third-order valence-corrected chi connectivity index (χ3v) is 3.29. The lowest BCUT2D eigenvalue weighted by molar-refractivity contribution is -0.120. The smallest absolute Gasteiger partial charge is 0.232 e. The van der Waals surface area contributed by atoms with Gasteiger partial charge in [0.25, 0.3) is 0 Å². The molecular formula is C13H15N3O2. The highest BCUT2D eigenvalue weighted by atomic mass is 16.5. The van der Waals surface area contributed by atoms with Crippen LogP contribution in [0, 0.1) is 0 Å². The number of methoxy groups -OCH3 is 1. The van der Waals surface area contributed by atoms with E-state index < -0.39 is 0 Å². The molecule has 1 unspecified atom stereocenters. The Kier molecular flexibility index (Phi) is 2.76. The molecule has 0 amide bonds. The van der Waals surface area contributed by atoms with E-state index >= 15 is 0 Å². The number of ketones is 1. The number of Topliss-reactive ketones (excluding diaryl/α,β-unsaturated/α-hetero) is 1. The number of aromatic nitrogens is 2. The number of hydrogen-bond donors (Lipinski definition) is 1. The molecule has 0 aliphatic carbocycles. The molecule has 3 heterocycles. The largest absolute Gasteiger partial charge is 0.480 e. The maximum absolute atomic E-state index is 11.6. The molecule has 18 heavy (non-hydrogen) atoms. The van der Waals surface area contributed by atoms with E-state index in [-0.39, 0.29) is 6.04 Å². The zero-order valence-corrected chi connectivity index (χ0v) is 10.2. The highest BCUT2D eigenvalue weighted by Gasteiger charge is 2.22. The SMILES string of the molecule is COc1cn2c(C3CC(=O)CCN3)cccc2n1. The number of carbonyl (C=O) groups is 1. The van der Waals surface area contributed by atoms with Crippen LogP contribution in [0.5, 0.6) is 5.88 Å². The number of pyridine rings is 1. The second-order valence-corrected chi connectivity index (χ2v) is 4.46. The van der Waals surface area contributed by atoms with Crippen LogP contribution in [-0.2, 0) is 4.79 Å². The maximum atomic E-state index is 11.6. The van der Waals surface area contributed by atoms with Crippen LogP contribution >= 0.6 is 0 Å². The Labute approximate surface area is 105 Å². The average molecular weight is 245 g/mol. The van der Waals surface area contributed by atoms with Gasteiger partial charge in [-0.25, -0.2) is 0 Å². The Balaban J connectivity index is 2.04. The lowest BCUT2D eigenvalue weighted by Crippen LogP contribution is -2.32. The molecule has 1 atom stereocenters. The number of fused-ring (bicyclic) bond motifs is 1. The second kappa shape index (κ2) is 4.42. The highest BCUT2D eigenvalue weighted by Crippen LogP contribution is 2.23. The van der Waals surface area contributed by atoms with E-state index in [0.717, 1.165) is 17.9 Å². The monoisotopic (exact) mass is 245 g/mol. The number of nitrogens with one attached hydrogen (secondary N) is 1. The number of ether oxygens (including phenoxy) is 1. The first-order chi connectivity index (χ1) is 8.78. The third kappa shape index (κ3) is 1.86. The fraction of sp³-hybridized carbons (Fsp3) is 0.385. The summed E-state index contributed by atoms with van der Waals surface area (Å²) in [6, 6.07) is 5.97. The van der Waals surface area contributed by atoms with E-state index in [4.69, 9.17) is 4.74 Å². The van der Waals surface area contributed by atoms with Gasteiger partial charge in [0.05, 0.1) is 19.3 Å². The lowest BCUT2D eigenvalue weighted by Gasteiger charge is -2.23. The summed E-state index contributed by atoms with van der Waals surface area (Å²) in [6.07, 6.45) is 3.02. The van der Waals surface area contributed by atoms with E-state index in [2.05, 4.69) is 10.3 Å². The predicted molar refractivity (Wildman–Crippen MR) is 66.7 cm³/mol. The van der Waals surface area contributed by atoms with E-state index in [1.165, 1.54) is 0 Å². The van der Waals surface area contributed by atoms with E-state index in [1.807, 2.05) is 28.8 Å². The predicted octanol–water partition coefficient (Wildman–Crippen LogP) is 1.34. The lowest BCUT2D eigenvalue weighted by atomic mass is 10.0. The minimum absolute atomic E-state index is 0.0638. The first-order valence-corrected chi connectivity index (χ1v) is 6.05. The maximum Gasteiger partial charge on any atom is 0.232 e. The molecule has 0 aromatic carbocycles. The van der Waals surface area contributed by atoms with Crippen molar-refractivity contribution in [2.24, 2.45) is 0 Å². The van der Waals surface area contributed by atoms with Crippen LogP contribution in [0.2, 0.25) is 0 Å². The van der Waals surface area contributed by atoms with Crippen molar-refractivity contribution in [2.75, 3.05) is 13.7 Å². The molecule has 2 aromatic heterocycles. The van der Waals surface area contributed by atoms with Crippen molar-refractivity contribution in [2.45, 2.75) is 18.9 Å². The number of carbonyl (C=O) groups excluding carboxylic acids is 1. The van der Waals surface area contributed by atoms with Crippen molar-refractivity contribution in [1.29, 1.82) is 0 Å². The summed E-state index contributed by atoms with van der Waals surface area (Å²) in [5.74, 6) is 0.896. The van der Waals surface area contributed by atoms with Gasteiger partial charge in [-0.15, -0.1) is 0 Å². The number of nitrogens with zero attached hydrogens (tertiary/aromatic N) is 2. The Morgan fingerprint density at radius 2 is 2.39 bits per heavy atom. The van der Waals surface area contributed by atoms with Crippen molar-refractivity contribution in [1.82, 2.24) is 14.7 Å². The van der Waals surface area contributed by atoms with Gasteiger partial charge in [-0.2, -0.15) is 4.98 Å². The van der Waals surface area contributed by atoms with Crippen LogP contribution in [0.4, 0.5) is 0 Å². The van der Waals surface area contributed by atoms with Crippen LogP contribution in [0.15, 0.2) is 24.4 Å². The van der Waals surface area contributed by atoms with Crippen LogP contribution in [-0.4, -0.2) is 28.8 Å². The third-order valence-electron chi connectivity index (χ3n) is 3.29. The van der Waals surface area contributed by atoms with Crippen LogP contribution in [0.25, 0.3) is 5.65 Å². The fourth-order valence-corrected chi connectivity index (χ4v) is 2.39. The molecule has 1 N–H and O–H groups in total. The zero-order valence-electron chi connectivity index (χ0n) is 10.2. The van der Waals surface area contributed by atoms with E-state index in [9.17, 15) is 4.79 Å².